The van der Waals surface area contributed by atoms with Gasteiger partial charge in [0.1, 0.15) is 35.4 Å². The highest BCUT2D eigenvalue weighted by atomic mass is 35.5. The zero-order valence-corrected chi connectivity index (χ0v) is 17.7. The highest BCUT2D eigenvalue weighted by molar-refractivity contribution is 6.33. The summed E-state index contributed by atoms with van der Waals surface area (Å²) in [5, 5.41) is 9.89. The van der Waals surface area contributed by atoms with E-state index in [0.29, 0.717) is 39.4 Å². The smallest absolute Gasteiger partial charge is 0.266 e. The number of ether oxygens (including phenoxy) is 1. The third kappa shape index (κ3) is 4.23. The van der Waals surface area contributed by atoms with Gasteiger partial charge in [-0.05, 0) is 49.7 Å². The molecule has 1 N–H and O–H groups in total. The fourth-order valence-electron chi connectivity index (χ4n) is 3.22. The maximum atomic E-state index is 12.0. The predicted octanol–water partition coefficient (Wildman–Crippen LogP) is 5.42. The van der Waals surface area contributed by atoms with Crippen LogP contribution in [0.3, 0.4) is 0 Å². The third-order valence-corrected chi connectivity index (χ3v) is 5.15. The van der Waals surface area contributed by atoms with Gasteiger partial charge in [-0.15, -0.1) is 0 Å². The van der Waals surface area contributed by atoms with Crippen molar-refractivity contribution in [3.8, 4) is 34.4 Å². The summed E-state index contributed by atoms with van der Waals surface area (Å²) < 4.78 is 11.6. The quantitative estimate of drug-likeness (QED) is 0.455. The average Bonchev–Trinajstić information content (AvgIpc) is 3.12. The Morgan fingerprint density at radius 2 is 1.87 bits per heavy atom. The van der Waals surface area contributed by atoms with E-state index in [1.807, 2.05) is 43.3 Å². The van der Waals surface area contributed by atoms with Gasteiger partial charge in [-0.1, -0.05) is 35.9 Å². The van der Waals surface area contributed by atoms with Crippen LogP contribution in [0.15, 0.2) is 63.8 Å². The van der Waals surface area contributed by atoms with Gasteiger partial charge >= 0.3 is 0 Å². The molecule has 4 rings (SSSR count). The summed E-state index contributed by atoms with van der Waals surface area (Å²) in [5.41, 5.74) is 3.14. The van der Waals surface area contributed by atoms with E-state index >= 15 is 0 Å². The van der Waals surface area contributed by atoms with Gasteiger partial charge in [0.2, 0.25) is 5.89 Å². The number of hydrogen-bond acceptors (Lipinski definition) is 5. The Hall–Kier alpha value is -3.82. The Balaban J connectivity index is 1.52. The van der Waals surface area contributed by atoms with Crippen molar-refractivity contribution in [1.82, 2.24) is 9.97 Å². The molecule has 0 aliphatic heterocycles. The summed E-state index contributed by atoms with van der Waals surface area (Å²) in [5.74, 6) is 1.74. The van der Waals surface area contributed by atoms with Crippen LogP contribution in [0.2, 0.25) is 5.02 Å². The normalized spacial score (nSPS) is 10.6. The Kier molecular flexibility index (Phi) is 5.61. The Morgan fingerprint density at radius 1 is 1.13 bits per heavy atom. The molecule has 0 atom stereocenters. The molecular formula is C24H18ClN3O3. The van der Waals surface area contributed by atoms with Gasteiger partial charge in [-0.3, -0.25) is 4.79 Å². The molecule has 0 aliphatic rings. The van der Waals surface area contributed by atoms with Gasteiger partial charge in [0.25, 0.3) is 5.56 Å². The fourth-order valence-corrected chi connectivity index (χ4v) is 3.44. The minimum atomic E-state index is -0.395. The van der Waals surface area contributed by atoms with Crippen molar-refractivity contribution < 1.29 is 9.15 Å². The predicted molar refractivity (Wildman–Crippen MR) is 118 cm³/mol. The molecule has 0 bridgehead atoms. The summed E-state index contributed by atoms with van der Waals surface area (Å²) >= 11 is 6.23. The lowest BCUT2D eigenvalue weighted by Gasteiger charge is -2.08. The first-order valence-corrected chi connectivity index (χ1v) is 9.92. The molecule has 7 heteroatoms. The summed E-state index contributed by atoms with van der Waals surface area (Å²) in [6, 6.07) is 18.3. The number of aryl methyl sites for hydroxylation is 2. The van der Waals surface area contributed by atoms with Crippen molar-refractivity contribution in [1.29, 1.82) is 5.26 Å². The van der Waals surface area contributed by atoms with E-state index in [9.17, 15) is 10.1 Å². The van der Waals surface area contributed by atoms with Gasteiger partial charge in [-0.25, -0.2) is 4.98 Å². The Labute approximate surface area is 183 Å². The van der Waals surface area contributed by atoms with Crippen LogP contribution in [0.4, 0.5) is 0 Å². The Bertz CT molecular complexity index is 1350. The lowest BCUT2D eigenvalue weighted by Crippen LogP contribution is -2.12. The van der Waals surface area contributed by atoms with Crippen molar-refractivity contribution >= 4 is 11.6 Å². The molecule has 0 saturated heterocycles. The zero-order chi connectivity index (χ0) is 22.0. The molecule has 31 heavy (non-hydrogen) atoms. The maximum absolute atomic E-state index is 12.0. The average molecular weight is 432 g/mol. The largest absolute Gasteiger partial charge is 0.487 e. The molecule has 0 unspecified atom stereocenters. The topological polar surface area (TPSA) is 91.9 Å². The first kappa shape index (κ1) is 20.5. The zero-order valence-electron chi connectivity index (χ0n) is 16.9. The summed E-state index contributed by atoms with van der Waals surface area (Å²) in [4.78, 5) is 19.2. The summed E-state index contributed by atoms with van der Waals surface area (Å²) in [7, 11) is 0. The number of benzene rings is 2. The molecular weight excluding hydrogens is 414 g/mol. The molecule has 0 amide bonds. The number of pyridine rings is 1. The van der Waals surface area contributed by atoms with Gasteiger partial charge in [0.15, 0.2) is 0 Å². The number of nitrogens with zero attached hydrogens (tertiary/aromatic N) is 2. The molecule has 0 radical (unpaired) electrons. The van der Waals surface area contributed by atoms with E-state index in [1.165, 1.54) is 0 Å². The van der Waals surface area contributed by atoms with Crippen molar-refractivity contribution in [2.45, 2.75) is 20.5 Å². The van der Waals surface area contributed by atoms with Crippen molar-refractivity contribution in [2.24, 2.45) is 0 Å². The van der Waals surface area contributed by atoms with Crippen LogP contribution in [0.25, 0.3) is 22.6 Å². The second kappa shape index (κ2) is 8.50. The van der Waals surface area contributed by atoms with E-state index in [-0.39, 0.29) is 12.2 Å². The first-order valence-electron chi connectivity index (χ1n) is 9.54. The molecule has 154 valence electrons. The number of rotatable bonds is 5. The third-order valence-electron chi connectivity index (χ3n) is 4.82. The number of nitrogens with one attached hydrogen (secondary N) is 1. The van der Waals surface area contributed by atoms with Crippen molar-refractivity contribution in [3.63, 3.8) is 0 Å². The van der Waals surface area contributed by atoms with Crippen LogP contribution in [0.1, 0.15) is 22.7 Å². The van der Waals surface area contributed by atoms with Crippen LogP contribution in [-0.2, 0) is 6.61 Å². The van der Waals surface area contributed by atoms with Crippen LogP contribution < -0.4 is 10.3 Å². The molecule has 0 aliphatic carbocycles. The maximum Gasteiger partial charge on any atom is 0.266 e. The van der Waals surface area contributed by atoms with Gasteiger partial charge in [-0.2, -0.15) is 5.26 Å². The van der Waals surface area contributed by atoms with Crippen LogP contribution in [-0.4, -0.2) is 9.97 Å². The van der Waals surface area contributed by atoms with Crippen molar-refractivity contribution in [2.75, 3.05) is 0 Å². The van der Waals surface area contributed by atoms with E-state index < -0.39 is 5.56 Å². The van der Waals surface area contributed by atoms with E-state index in [2.05, 4.69) is 9.97 Å². The number of halogens is 1. The highest BCUT2D eigenvalue weighted by Gasteiger charge is 2.15. The summed E-state index contributed by atoms with van der Waals surface area (Å²) in [6.45, 7) is 3.83. The van der Waals surface area contributed by atoms with Gasteiger partial charge in [0.05, 0.1) is 10.6 Å². The molecule has 0 fully saturated rings. The second-order valence-corrected chi connectivity index (χ2v) is 7.40. The van der Waals surface area contributed by atoms with Gasteiger partial charge < -0.3 is 14.1 Å². The lowest BCUT2D eigenvalue weighted by atomic mass is 10.0. The first-order chi connectivity index (χ1) is 15.0. The minimum absolute atomic E-state index is 0.0876. The minimum Gasteiger partial charge on any atom is -0.487 e. The highest BCUT2D eigenvalue weighted by Crippen LogP contribution is 2.29. The monoisotopic (exact) mass is 431 g/mol. The van der Waals surface area contributed by atoms with E-state index in [4.69, 9.17) is 20.8 Å². The van der Waals surface area contributed by atoms with Crippen LogP contribution in [0.5, 0.6) is 5.75 Å². The SMILES string of the molecule is Cc1cc(-c2ccc(OCc3nc(-c4ccccc4Cl)oc3C)cc2)c(C#N)c(=O)[nH]1. The number of nitriles is 1. The lowest BCUT2D eigenvalue weighted by molar-refractivity contribution is 0.299. The molecule has 0 spiro atoms. The van der Waals surface area contributed by atoms with Crippen LogP contribution >= 0.6 is 11.6 Å². The molecule has 6 nitrogen and oxygen atoms in total. The fraction of sp³-hybridized carbons (Fsp3) is 0.125. The number of aromatic nitrogens is 2. The Morgan fingerprint density at radius 3 is 2.58 bits per heavy atom. The standard InChI is InChI=1S/C24H18ClN3O3/c1-14-11-19(20(12-26)23(29)27-14)16-7-9-17(10-8-16)30-13-22-15(2)31-24(28-22)18-5-3-4-6-21(18)25/h3-11H,13H2,1-2H3,(H,27,29). The van der Waals surface area contributed by atoms with Crippen molar-refractivity contribution in [3.05, 3.63) is 92.7 Å². The number of H-pyrrole nitrogens is 1. The molecule has 2 heterocycles. The van der Waals surface area contributed by atoms with E-state index in [1.54, 1.807) is 31.2 Å². The summed E-state index contributed by atoms with van der Waals surface area (Å²) in [6.07, 6.45) is 0. The van der Waals surface area contributed by atoms with E-state index in [0.717, 1.165) is 11.1 Å². The molecule has 2 aromatic carbocycles. The number of hydrogen-bond donors (Lipinski definition) is 1. The second-order valence-electron chi connectivity index (χ2n) is 7.00. The van der Waals surface area contributed by atoms with Gasteiger partial charge in [0, 0.05) is 11.3 Å². The van der Waals surface area contributed by atoms with Crippen LogP contribution in [0, 0.1) is 25.2 Å². The molecule has 4 aromatic rings. The molecule has 0 saturated carbocycles. The molecule has 2 aromatic heterocycles. The number of aromatic amines is 1. The number of oxazole rings is 1.